The molecule has 0 radical (unpaired) electrons. The van der Waals surface area contributed by atoms with Crippen LogP contribution in [0.1, 0.15) is 59.3 Å². The molecule has 1 fully saturated rings. The van der Waals surface area contributed by atoms with E-state index < -0.39 is 0 Å². The normalized spacial score (nSPS) is 36.8. The Morgan fingerprint density at radius 3 is 2.40 bits per heavy atom. The quantitative estimate of drug-likeness (QED) is 0.696. The average molecular weight is 276 g/mol. The van der Waals surface area contributed by atoms with Crippen molar-refractivity contribution in [1.82, 2.24) is 0 Å². The van der Waals surface area contributed by atoms with Crippen LogP contribution in [0, 0.1) is 16.7 Å². The Kier molecular flexibility index (Phi) is 2.83. The molecule has 3 nitrogen and oxygen atoms in total. The fraction of sp³-hybridized carbons (Fsp3) is 0.706. The van der Waals surface area contributed by atoms with Crippen molar-refractivity contribution in [3.05, 3.63) is 22.7 Å². The lowest BCUT2D eigenvalue weighted by Crippen LogP contribution is -2.48. The standard InChI is InChI=1S/C17H24O3/c1-16(2)5-4-6-17(3)11-8-14(20)13(19)7-10(11)12(18)9-15(16)17/h15,19-20H,4-9H2,1-3H3/t15?,17-/m1/s1. The number of carbonyl (C=O) groups excluding carboxylic acids is 1. The minimum absolute atomic E-state index is 0.000324. The molecule has 2 atom stereocenters. The molecule has 0 bridgehead atoms. The smallest absolute Gasteiger partial charge is 0.159 e. The van der Waals surface area contributed by atoms with Gasteiger partial charge in [-0.15, -0.1) is 0 Å². The summed E-state index contributed by atoms with van der Waals surface area (Å²) in [5.41, 5.74) is 2.04. The number of aliphatic hydroxyl groups excluding tert-OH is 2. The van der Waals surface area contributed by atoms with Gasteiger partial charge in [0.2, 0.25) is 0 Å². The van der Waals surface area contributed by atoms with Crippen LogP contribution in [0.3, 0.4) is 0 Å². The van der Waals surface area contributed by atoms with E-state index >= 15 is 0 Å². The van der Waals surface area contributed by atoms with Crippen molar-refractivity contribution in [2.24, 2.45) is 16.7 Å². The highest BCUT2D eigenvalue weighted by atomic mass is 16.3. The van der Waals surface area contributed by atoms with E-state index in [-0.39, 0.29) is 34.6 Å². The molecule has 3 aliphatic carbocycles. The maximum Gasteiger partial charge on any atom is 0.159 e. The van der Waals surface area contributed by atoms with Crippen LogP contribution in [0.15, 0.2) is 22.7 Å². The Morgan fingerprint density at radius 2 is 1.70 bits per heavy atom. The summed E-state index contributed by atoms with van der Waals surface area (Å²) in [7, 11) is 0. The first-order valence-electron chi connectivity index (χ1n) is 7.61. The third-order valence-corrected chi connectivity index (χ3v) is 6.03. The number of Topliss-reactive ketones (excluding diaryl/α,β-unsaturated/α-hetero) is 1. The zero-order chi connectivity index (χ0) is 14.7. The van der Waals surface area contributed by atoms with E-state index in [4.69, 9.17) is 0 Å². The number of hydrogen-bond donors (Lipinski definition) is 2. The fourth-order valence-corrected chi connectivity index (χ4v) is 4.86. The molecule has 20 heavy (non-hydrogen) atoms. The minimum Gasteiger partial charge on any atom is -0.508 e. The highest BCUT2D eigenvalue weighted by Crippen LogP contribution is 2.60. The predicted octanol–water partition coefficient (Wildman–Crippen LogP) is 4.21. The summed E-state index contributed by atoms with van der Waals surface area (Å²) in [5.74, 6) is 0.565. The number of rotatable bonds is 0. The van der Waals surface area contributed by atoms with E-state index in [1.54, 1.807) is 0 Å². The summed E-state index contributed by atoms with van der Waals surface area (Å²) in [6.07, 6.45) is 4.59. The van der Waals surface area contributed by atoms with Crippen molar-refractivity contribution in [2.45, 2.75) is 59.3 Å². The Morgan fingerprint density at radius 1 is 1.05 bits per heavy atom. The van der Waals surface area contributed by atoms with Crippen molar-refractivity contribution < 1.29 is 15.0 Å². The molecular weight excluding hydrogens is 252 g/mol. The van der Waals surface area contributed by atoms with Gasteiger partial charge < -0.3 is 10.2 Å². The fourth-order valence-electron chi connectivity index (χ4n) is 4.86. The van der Waals surface area contributed by atoms with Gasteiger partial charge in [0.1, 0.15) is 11.5 Å². The van der Waals surface area contributed by atoms with Crippen molar-refractivity contribution in [1.29, 1.82) is 0 Å². The van der Waals surface area contributed by atoms with Gasteiger partial charge >= 0.3 is 0 Å². The van der Waals surface area contributed by atoms with E-state index in [2.05, 4.69) is 20.8 Å². The molecule has 3 heteroatoms. The second-order valence-corrected chi connectivity index (χ2v) is 7.64. The Bertz CT molecular complexity index is 538. The van der Waals surface area contributed by atoms with Crippen LogP contribution < -0.4 is 0 Å². The third kappa shape index (κ3) is 1.75. The third-order valence-electron chi connectivity index (χ3n) is 6.03. The summed E-state index contributed by atoms with van der Waals surface area (Å²) < 4.78 is 0. The molecule has 0 aromatic carbocycles. The summed E-state index contributed by atoms with van der Waals surface area (Å²) in [6, 6.07) is 0. The Hall–Kier alpha value is -1.25. The summed E-state index contributed by atoms with van der Waals surface area (Å²) in [4.78, 5) is 12.5. The van der Waals surface area contributed by atoms with Gasteiger partial charge in [-0.05, 0) is 35.2 Å². The van der Waals surface area contributed by atoms with E-state index in [1.165, 1.54) is 6.42 Å². The summed E-state index contributed by atoms with van der Waals surface area (Å²) in [5, 5.41) is 19.7. The second-order valence-electron chi connectivity index (χ2n) is 7.64. The molecule has 3 rings (SSSR count). The highest BCUT2D eigenvalue weighted by molar-refractivity contribution is 5.98. The molecular formula is C17H24O3. The molecule has 0 spiro atoms. The van der Waals surface area contributed by atoms with Gasteiger partial charge in [0, 0.05) is 24.8 Å². The monoisotopic (exact) mass is 276 g/mol. The molecule has 2 N–H and O–H groups in total. The molecule has 1 saturated carbocycles. The molecule has 0 aliphatic heterocycles. The minimum atomic E-state index is -0.0192. The van der Waals surface area contributed by atoms with Crippen LogP contribution in [0.4, 0.5) is 0 Å². The van der Waals surface area contributed by atoms with E-state index in [9.17, 15) is 15.0 Å². The van der Waals surface area contributed by atoms with Gasteiger partial charge in [-0.1, -0.05) is 27.2 Å². The van der Waals surface area contributed by atoms with Gasteiger partial charge in [0.25, 0.3) is 0 Å². The molecule has 3 aliphatic rings. The van der Waals surface area contributed by atoms with Gasteiger partial charge in [-0.25, -0.2) is 0 Å². The van der Waals surface area contributed by atoms with Crippen LogP contribution in [0.5, 0.6) is 0 Å². The second kappa shape index (κ2) is 4.12. The molecule has 0 saturated heterocycles. The number of carbonyl (C=O) groups is 1. The summed E-state index contributed by atoms with van der Waals surface area (Å²) in [6.45, 7) is 6.80. The van der Waals surface area contributed by atoms with Gasteiger partial charge in [0.05, 0.1) is 0 Å². The van der Waals surface area contributed by atoms with Crippen molar-refractivity contribution in [3.63, 3.8) is 0 Å². The van der Waals surface area contributed by atoms with Crippen LogP contribution in [-0.4, -0.2) is 16.0 Å². The van der Waals surface area contributed by atoms with E-state index in [0.717, 1.165) is 24.0 Å². The number of hydrogen-bond acceptors (Lipinski definition) is 3. The molecule has 0 aromatic heterocycles. The first-order valence-corrected chi connectivity index (χ1v) is 7.61. The number of allylic oxidation sites excluding steroid dienone is 2. The molecule has 0 heterocycles. The molecule has 110 valence electrons. The van der Waals surface area contributed by atoms with E-state index in [0.29, 0.717) is 18.8 Å². The van der Waals surface area contributed by atoms with Gasteiger partial charge in [-0.2, -0.15) is 0 Å². The predicted molar refractivity (Wildman–Crippen MR) is 77.4 cm³/mol. The zero-order valence-corrected chi connectivity index (χ0v) is 12.6. The molecule has 0 amide bonds. The largest absolute Gasteiger partial charge is 0.508 e. The summed E-state index contributed by atoms with van der Waals surface area (Å²) >= 11 is 0. The maximum absolute atomic E-state index is 12.5. The SMILES string of the molecule is CC1(C)CCC[C@]2(C)C3=C(CC(O)=C(O)C3)C(=O)CC12. The van der Waals surface area contributed by atoms with Crippen LogP contribution in [0.25, 0.3) is 0 Å². The molecule has 0 aromatic rings. The van der Waals surface area contributed by atoms with Crippen molar-refractivity contribution in [3.8, 4) is 0 Å². The van der Waals surface area contributed by atoms with Gasteiger partial charge in [0.15, 0.2) is 5.78 Å². The van der Waals surface area contributed by atoms with Gasteiger partial charge in [-0.3, -0.25) is 4.79 Å². The lowest BCUT2D eigenvalue weighted by atomic mass is 9.49. The van der Waals surface area contributed by atoms with Crippen LogP contribution >= 0.6 is 0 Å². The Labute approximate surface area is 120 Å². The lowest BCUT2D eigenvalue weighted by molar-refractivity contribution is -0.122. The zero-order valence-electron chi connectivity index (χ0n) is 12.6. The first-order chi connectivity index (χ1) is 9.25. The lowest BCUT2D eigenvalue weighted by Gasteiger charge is -2.55. The van der Waals surface area contributed by atoms with Crippen molar-refractivity contribution >= 4 is 5.78 Å². The van der Waals surface area contributed by atoms with Crippen LogP contribution in [-0.2, 0) is 4.79 Å². The Balaban J connectivity index is 2.09. The number of fused-ring (bicyclic) bond motifs is 2. The van der Waals surface area contributed by atoms with Crippen molar-refractivity contribution in [2.75, 3.05) is 0 Å². The number of aliphatic hydroxyl groups is 2. The maximum atomic E-state index is 12.5. The first kappa shape index (κ1) is 13.7. The topological polar surface area (TPSA) is 57.5 Å². The van der Waals surface area contributed by atoms with E-state index in [1.807, 2.05) is 0 Å². The van der Waals surface area contributed by atoms with Crippen LogP contribution in [0.2, 0.25) is 0 Å². The highest BCUT2D eigenvalue weighted by Gasteiger charge is 2.53. The number of ketones is 1. The average Bonchev–Trinajstić information content (AvgIpc) is 2.35. The molecule has 1 unspecified atom stereocenters.